The summed E-state index contributed by atoms with van der Waals surface area (Å²) in [6, 6.07) is 6.79. The molecule has 1 saturated carbocycles. The van der Waals surface area contributed by atoms with Crippen LogP contribution in [0.25, 0.3) is 0 Å². The third-order valence-electron chi connectivity index (χ3n) is 4.42. The quantitative estimate of drug-likeness (QED) is 0.848. The monoisotopic (exact) mass is 319 g/mol. The van der Waals surface area contributed by atoms with Crippen molar-refractivity contribution in [2.45, 2.75) is 51.7 Å². The lowest BCUT2D eigenvalue weighted by Gasteiger charge is -2.30. The summed E-state index contributed by atoms with van der Waals surface area (Å²) in [5.41, 5.74) is 0.400. The smallest absolute Gasteiger partial charge is 0.338 e. The third-order valence-corrected chi connectivity index (χ3v) is 4.42. The first-order chi connectivity index (χ1) is 11.0. The Kier molecular flexibility index (Phi) is 6.02. The summed E-state index contributed by atoms with van der Waals surface area (Å²) >= 11 is 0. The third kappa shape index (κ3) is 4.71. The highest BCUT2D eigenvalue weighted by Crippen LogP contribution is 2.23. The number of hydrogen-bond donors (Lipinski definition) is 1. The van der Waals surface area contributed by atoms with E-state index in [1.807, 2.05) is 0 Å². The second-order valence-electron chi connectivity index (χ2n) is 6.15. The lowest BCUT2D eigenvalue weighted by atomic mass is 9.86. The summed E-state index contributed by atoms with van der Waals surface area (Å²) in [6.07, 6.45) is 3.67. The molecule has 3 atom stereocenters. The van der Waals surface area contributed by atoms with Crippen molar-refractivity contribution in [1.29, 1.82) is 0 Å². The van der Waals surface area contributed by atoms with Crippen LogP contribution in [0.1, 0.15) is 49.9 Å². The summed E-state index contributed by atoms with van der Waals surface area (Å²) < 4.78 is 10.3. The molecular weight excluding hydrogens is 294 g/mol. The molecule has 1 aliphatic carbocycles. The average molecular weight is 319 g/mol. The topological polar surface area (TPSA) is 64.6 Å². The fraction of sp³-hybridized carbons (Fsp3) is 0.556. The van der Waals surface area contributed by atoms with Gasteiger partial charge in [-0.05, 0) is 49.9 Å². The molecule has 0 aromatic heterocycles. The van der Waals surface area contributed by atoms with Gasteiger partial charge in [-0.1, -0.05) is 19.8 Å². The molecule has 1 fully saturated rings. The minimum atomic E-state index is -0.807. The van der Waals surface area contributed by atoms with Crippen LogP contribution in [0.5, 0.6) is 5.75 Å². The van der Waals surface area contributed by atoms with Crippen molar-refractivity contribution in [3.05, 3.63) is 29.8 Å². The van der Waals surface area contributed by atoms with Crippen LogP contribution < -0.4 is 10.1 Å². The Morgan fingerprint density at radius 1 is 1.17 bits per heavy atom. The van der Waals surface area contributed by atoms with Crippen LogP contribution in [0.4, 0.5) is 0 Å². The fourth-order valence-corrected chi connectivity index (χ4v) is 2.84. The van der Waals surface area contributed by atoms with Gasteiger partial charge in [0.05, 0.1) is 12.7 Å². The normalized spacial score (nSPS) is 22.0. The Hall–Kier alpha value is -2.04. The van der Waals surface area contributed by atoms with Crippen molar-refractivity contribution in [3.8, 4) is 5.75 Å². The van der Waals surface area contributed by atoms with Crippen molar-refractivity contribution < 1.29 is 19.1 Å². The Labute approximate surface area is 137 Å². The SMILES string of the molecule is COc1ccc(C(=O)O[C@H](C)C(=O)N[C@H]2CCCC[C@@H]2C)cc1. The lowest BCUT2D eigenvalue weighted by Crippen LogP contribution is -2.45. The number of hydrogen-bond acceptors (Lipinski definition) is 4. The van der Waals surface area contributed by atoms with Gasteiger partial charge in [0.2, 0.25) is 0 Å². The molecule has 1 aromatic carbocycles. The van der Waals surface area contributed by atoms with E-state index in [1.54, 1.807) is 38.3 Å². The van der Waals surface area contributed by atoms with Gasteiger partial charge in [0.15, 0.2) is 6.10 Å². The van der Waals surface area contributed by atoms with Crippen molar-refractivity contribution >= 4 is 11.9 Å². The van der Waals surface area contributed by atoms with Crippen molar-refractivity contribution in [1.82, 2.24) is 5.32 Å². The molecule has 23 heavy (non-hydrogen) atoms. The van der Waals surface area contributed by atoms with E-state index in [1.165, 1.54) is 6.42 Å². The molecule has 5 nitrogen and oxygen atoms in total. The predicted octanol–water partition coefficient (Wildman–Crippen LogP) is 2.94. The van der Waals surface area contributed by atoms with E-state index in [0.717, 1.165) is 19.3 Å². The van der Waals surface area contributed by atoms with E-state index >= 15 is 0 Å². The molecule has 5 heteroatoms. The number of nitrogens with one attached hydrogen (secondary N) is 1. The van der Waals surface area contributed by atoms with Gasteiger partial charge in [-0.25, -0.2) is 4.79 Å². The van der Waals surface area contributed by atoms with Crippen molar-refractivity contribution in [2.75, 3.05) is 7.11 Å². The van der Waals surface area contributed by atoms with Gasteiger partial charge in [0, 0.05) is 6.04 Å². The molecule has 0 radical (unpaired) electrons. The van der Waals surface area contributed by atoms with Crippen LogP contribution >= 0.6 is 0 Å². The van der Waals surface area contributed by atoms with Gasteiger partial charge in [-0.15, -0.1) is 0 Å². The average Bonchev–Trinajstić information content (AvgIpc) is 2.56. The molecule has 2 rings (SSSR count). The molecule has 1 N–H and O–H groups in total. The second kappa shape index (κ2) is 7.99. The molecule has 0 heterocycles. The summed E-state index contributed by atoms with van der Waals surface area (Å²) in [5.74, 6) is 0.397. The van der Waals surface area contributed by atoms with E-state index in [0.29, 0.717) is 17.2 Å². The number of ether oxygens (including phenoxy) is 2. The first kappa shape index (κ1) is 17.3. The minimum absolute atomic E-state index is 0.179. The number of methoxy groups -OCH3 is 1. The summed E-state index contributed by atoms with van der Waals surface area (Å²) in [7, 11) is 1.56. The maximum absolute atomic E-state index is 12.2. The van der Waals surface area contributed by atoms with E-state index in [9.17, 15) is 9.59 Å². The minimum Gasteiger partial charge on any atom is -0.497 e. The molecular formula is C18H25NO4. The predicted molar refractivity (Wildman–Crippen MR) is 87.4 cm³/mol. The van der Waals surface area contributed by atoms with E-state index in [-0.39, 0.29) is 11.9 Å². The largest absolute Gasteiger partial charge is 0.497 e. The highest BCUT2D eigenvalue weighted by Gasteiger charge is 2.26. The Morgan fingerprint density at radius 3 is 2.43 bits per heavy atom. The van der Waals surface area contributed by atoms with Gasteiger partial charge < -0.3 is 14.8 Å². The van der Waals surface area contributed by atoms with Crippen LogP contribution in [0.15, 0.2) is 24.3 Å². The number of rotatable bonds is 5. The molecule has 0 unspecified atom stereocenters. The summed E-state index contributed by atoms with van der Waals surface area (Å²) in [5, 5.41) is 3.01. The second-order valence-corrected chi connectivity index (χ2v) is 6.15. The zero-order valence-corrected chi connectivity index (χ0v) is 14.0. The highest BCUT2D eigenvalue weighted by molar-refractivity contribution is 5.92. The zero-order valence-electron chi connectivity index (χ0n) is 14.0. The van der Waals surface area contributed by atoms with Crippen LogP contribution in [-0.2, 0) is 9.53 Å². The Bertz CT molecular complexity index is 540. The van der Waals surface area contributed by atoms with Crippen LogP contribution in [-0.4, -0.2) is 31.1 Å². The van der Waals surface area contributed by atoms with E-state index < -0.39 is 12.1 Å². The van der Waals surface area contributed by atoms with Crippen LogP contribution in [0.3, 0.4) is 0 Å². The molecule has 1 aromatic rings. The van der Waals surface area contributed by atoms with E-state index in [4.69, 9.17) is 9.47 Å². The molecule has 0 saturated heterocycles. The van der Waals surface area contributed by atoms with Gasteiger partial charge in [0.1, 0.15) is 5.75 Å². The van der Waals surface area contributed by atoms with Gasteiger partial charge >= 0.3 is 5.97 Å². The lowest BCUT2D eigenvalue weighted by molar-refractivity contribution is -0.130. The summed E-state index contributed by atoms with van der Waals surface area (Å²) in [4.78, 5) is 24.3. The molecule has 1 aliphatic rings. The van der Waals surface area contributed by atoms with Gasteiger partial charge in [-0.2, -0.15) is 0 Å². The first-order valence-corrected chi connectivity index (χ1v) is 8.16. The van der Waals surface area contributed by atoms with Gasteiger partial charge in [0.25, 0.3) is 5.91 Å². The standard InChI is InChI=1S/C18H25NO4/c1-12-6-4-5-7-16(12)19-17(20)13(2)23-18(21)14-8-10-15(22-3)11-9-14/h8-13,16H,4-7H2,1-3H3,(H,19,20)/t12-,13+,16-/m0/s1. The number of esters is 1. The van der Waals surface area contributed by atoms with Crippen LogP contribution in [0.2, 0.25) is 0 Å². The van der Waals surface area contributed by atoms with Crippen molar-refractivity contribution in [2.24, 2.45) is 5.92 Å². The summed E-state index contributed by atoms with van der Waals surface area (Å²) in [6.45, 7) is 3.75. The van der Waals surface area contributed by atoms with Crippen molar-refractivity contribution in [3.63, 3.8) is 0 Å². The number of carbonyl (C=O) groups is 2. The molecule has 126 valence electrons. The number of amides is 1. The fourth-order valence-electron chi connectivity index (χ4n) is 2.84. The zero-order chi connectivity index (χ0) is 16.8. The highest BCUT2D eigenvalue weighted by atomic mass is 16.5. The van der Waals surface area contributed by atoms with E-state index in [2.05, 4.69) is 12.2 Å². The molecule has 0 bridgehead atoms. The maximum atomic E-state index is 12.2. The molecule has 0 spiro atoms. The number of carbonyl (C=O) groups excluding carboxylic acids is 2. The maximum Gasteiger partial charge on any atom is 0.338 e. The van der Waals surface area contributed by atoms with Crippen LogP contribution in [0, 0.1) is 5.92 Å². The first-order valence-electron chi connectivity index (χ1n) is 8.16. The Morgan fingerprint density at radius 2 is 1.83 bits per heavy atom. The molecule has 0 aliphatic heterocycles. The molecule has 1 amide bonds. The Balaban J connectivity index is 1.87. The van der Waals surface area contributed by atoms with Gasteiger partial charge in [-0.3, -0.25) is 4.79 Å². The number of benzene rings is 1.